The van der Waals surface area contributed by atoms with E-state index in [0.29, 0.717) is 17.3 Å². The number of carbonyl (C=O) groups is 2. The average Bonchev–Trinajstić information content (AvgIpc) is 2.85. The van der Waals surface area contributed by atoms with Crippen LogP contribution in [0.2, 0.25) is 5.02 Å². The molecule has 0 atom stereocenters. The summed E-state index contributed by atoms with van der Waals surface area (Å²) in [6, 6.07) is 6.49. The molecule has 2 fully saturated rings. The summed E-state index contributed by atoms with van der Waals surface area (Å²) in [5.74, 6) is -0.0870. The molecule has 2 aliphatic rings. The Morgan fingerprint density at radius 3 is 2.63 bits per heavy atom. The van der Waals surface area contributed by atoms with Crippen molar-refractivity contribution in [3.63, 3.8) is 0 Å². The number of amides is 3. The molecule has 3 rings (SSSR count). The third-order valence-electron chi connectivity index (χ3n) is 4.06. The lowest BCUT2D eigenvalue weighted by atomic mass is 9.83. The minimum absolute atomic E-state index is 0.0870. The first-order chi connectivity index (χ1) is 9.12. The average molecular weight is 279 g/mol. The highest BCUT2D eigenvalue weighted by molar-refractivity contribution is 6.31. The van der Waals surface area contributed by atoms with E-state index < -0.39 is 5.41 Å². The van der Waals surface area contributed by atoms with Crippen molar-refractivity contribution in [2.45, 2.75) is 25.7 Å². The summed E-state index contributed by atoms with van der Waals surface area (Å²) in [7, 11) is 0. The predicted octanol–water partition coefficient (Wildman–Crippen LogP) is 2.96. The second-order valence-electron chi connectivity index (χ2n) is 5.27. The molecule has 1 saturated carbocycles. The number of hydrogen-bond acceptors (Lipinski definition) is 2. The second kappa shape index (κ2) is 4.53. The lowest BCUT2D eigenvalue weighted by Crippen LogP contribution is -2.60. The molecule has 1 aromatic carbocycles. The number of anilines is 1. The van der Waals surface area contributed by atoms with Gasteiger partial charge in [-0.25, -0.2) is 9.69 Å². The summed E-state index contributed by atoms with van der Waals surface area (Å²) in [6.45, 7) is 0.460. The maximum Gasteiger partial charge on any atom is 0.328 e. The van der Waals surface area contributed by atoms with E-state index in [1.807, 2.05) is 0 Å². The molecule has 0 unspecified atom stereocenters. The van der Waals surface area contributed by atoms with Crippen LogP contribution in [0.4, 0.5) is 10.5 Å². The van der Waals surface area contributed by atoms with Crippen molar-refractivity contribution < 1.29 is 9.59 Å². The third kappa shape index (κ3) is 2.00. The van der Waals surface area contributed by atoms with Crippen LogP contribution in [0.3, 0.4) is 0 Å². The molecule has 1 aromatic rings. The van der Waals surface area contributed by atoms with Gasteiger partial charge in [0.05, 0.1) is 11.1 Å². The predicted molar refractivity (Wildman–Crippen MR) is 73.2 cm³/mol. The van der Waals surface area contributed by atoms with Crippen LogP contribution in [0.25, 0.3) is 0 Å². The highest BCUT2D eigenvalue weighted by atomic mass is 35.5. The van der Waals surface area contributed by atoms with Crippen LogP contribution in [0.15, 0.2) is 24.3 Å². The van der Waals surface area contributed by atoms with Gasteiger partial charge < -0.3 is 5.32 Å². The quantitative estimate of drug-likeness (QED) is 0.859. The van der Waals surface area contributed by atoms with Gasteiger partial charge in [-0.2, -0.15) is 0 Å². The number of halogens is 1. The van der Waals surface area contributed by atoms with E-state index in [1.165, 1.54) is 4.90 Å². The maximum absolute atomic E-state index is 12.7. The van der Waals surface area contributed by atoms with Crippen molar-refractivity contribution in [2.75, 3.05) is 11.4 Å². The maximum atomic E-state index is 12.7. The van der Waals surface area contributed by atoms with Crippen molar-refractivity contribution in [3.05, 3.63) is 29.3 Å². The van der Waals surface area contributed by atoms with E-state index in [1.54, 1.807) is 24.3 Å². The molecule has 1 aliphatic heterocycles. The van der Waals surface area contributed by atoms with Crippen molar-refractivity contribution in [1.82, 2.24) is 5.32 Å². The minimum atomic E-state index is -0.407. The van der Waals surface area contributed by atoms with Crippen LogP contribution in [-0.4, -0.2) is 18.5 Å². The van der Waals surface area contributed by atoms with E-state index in [9.17, 15) is 9.59 Å². The Balaban J connectivity index is 1.98. The van der Waals surface area contributed by atoms with Crippen LogP contribution in [0.5, 0.6) is 0 Å². The van der Waals surface area contributed by atoms with Crippen LogP contribution < -0.4 is 10.2 Å². The Bertz CT molecular complexity index is 538. The van der Waals surface area contributed by atoms with E-state index >= 15 is 0 Å². The monoisotopic (exact) mass is 278 g/mol. The van der Waals surface area contributed by atoms with E-state index in [0.717, 1.165) is 25.7 Å². The molecular formula is C14H15ClN2O2. The van der Waals surface area contributed by atoms with Gasteiger partial charge in [0.15, 0.2) is 0 Å². The summed E-state index contributed by atoms with van der Waals surface area (Å²) in [4.78, 5) is 25.9. The number of nitrogens with zero attached hydrogens (tertiary/aromatic N) is 1. The van der Waals surface area contributed by atoms with Gasteiger partial charge in [-0.15, -0.1) is 0 Å². The fraction of sp³-hybridized carbons (Fsp3) is 0.429. The van der Waals surface area contributed by atoms with Crippen LogP contribution >= 0.6 is 11.6 Å². The van der Waals surface area contributed by atoms with Crippen molar-refractivity contribution in [2.24, 2.45) is 5.41 Å². The molecule has 1 N–H and O–H groups in total. The Hall–Kier alpha value is -1.55. The summed E-state index contributed by atoms with van der Waals surface area (Å²) in [6.07, 6.45) is 3.79. The Kier molecular flexibility index (Phi) is 2.97. The van der Waals surface area contributed by atoms with Gasteiger partial charge in [0.2, 0.25) is 5.91 Å². The molecular weight excluding hydrogens is 264 g/mol. The number of urea groups is 1. The molecule has 3 amide bonds. The van der Waals surface area contributed by atoms with E-state index in [2.05, 4.69) is 5.32 Å². The molecule has 1 heterocycles. The van der Waals surface area contributed by atoms with Crippen LogP contribution in [0.1, 0.15) is 25.7 Å². The zero-order chi connectivity index (χ0) is 13.5. The van der Waals surface area contributed by atoms with Gasteiger partial charge in [0, 0.05) is 11.6 Å². The van der Waals surface area contributed by atoms with Gasteiger partial charge in [-0.05, 0) is 31.0 Å². The Morgan fingerprint density at radius 1 is 1.21 bits per heavy atom. The third-order valence-corrected chi connectivity index (χ3v) is 4.30. The molecule has 100 valence electrons. The van der Waals surface area contributed by atoms with Gasteiger partial charge in [-0.1, -0.05) is 30.5 Å². The van der Waals surface area contributed by atoms with Crippen molar-refractivity contribution in [1.29, 1.82) is 0 Å². The lowest BCUT2D eigenvalue weighted by Gasteiger charge is -2.38. The molecule has 0 radical (unpaired) electrons. The van der Waals surface area contributed by atoms with Gasteiger partial charge >= 0.3 is 6.03 Å². The van der Waals surface area contributed by atoms with Crippen molar-refractivity contribution >= 4 is 29.2 Å². The molecule has 1 spiro atoms. The molecule has 0 aromatic heterocycles. The molecule has 0 bridgehead atoms. The molecule has 5 heteroatoms. The normalized spacial score (nSPS) is 21.8. The number of nitrogens with one attached hydrogen (secondary N) is 1. The molecule has 1 saturated heterocycles. The number of rotatable bonds is 1. The smallest absolute Gasteiger partial charge is 0.328 e. The number of imide groups is 1. The summed E-state index contributed by atoms with van der Waals surface area (Å²) in [5.41, 5.74) is 0.136. The zero-order valence-corrected chi connectivity index (χ0v) is 11.2. The highest BCUT2D eigenvalue weighted by Crippen LogP contribution is 2.42. The first-order valence-corrected chi connectivity index (χ1v) is 6.88. The van der Waals surface area contributed by atoms with E-state index in [-0.39, 0.29) is 11.9 Å². The summed E-state index contributed by atoms with van der Waals surface area (Å²) < 4.78 is 0. The van der Waals surface area contributed by atoms with E-state index in [4.69, 9.17) is 11.6 Å². The fourth-order valence-electron chi connectivity index (χ4n) is 3.02. The van der Waals surface area contributed by atoms with Crippen LogP contribution in [-0.2, 0) is 4.79 Å². The summed E-state index contributed by atoms with van der Waals surface area (Å²) >= 11 is 5.94. The van der Waals surface area contributed by atoms with Gasteiger partial charge in [-0.3, -0.25) is 4.79 Å². The summed E-state index contributed by atoms with van der Waals surface area (Å²) in [5, 5.41) is 3.35. The molecule has 19 heavy (non-hydrogen) atoms. The minimum Gasteiger partial charge on any atom is -0.336 e. The van der Waals surface area contributed by atoms with Gasteiger partial charge in [0.25, 0.3) is 0 Å². The first-order valence-electron chi connectivity index (χ1n) is 6.50. The topological polar surface area (TPSA) is 49.4 Å². The number of carbonyl (C=O) groups excluding carboxylic acids is 2. The highest BCUT2D eigenvalue weighted by Gasteiger charge is 2.49. The van der Waals surface area contributed by atoms with Crippen LogP contribution in [0, 0.1) is 5.41 Å². The number of hydrogen-bond donors (Lipinski definition) is 1. The lowest BCUT2D eigenvalue weighted by molar-refractivity contribution is -0.127. The molecule has 1 aliphatic carbocycles. The SMILES string of the molecule is O=C1NCC2(CCCC2)C(=O)N1c1cccc(Cl)c1. The zero-order valence-electron chi connectivity index (χ0n) is 10.5. The van der Waals surface area contributed by atoms with Gasteiger partial charge in [0.1, 0.15) is 0 Å². The first kappa shape index (κ1) is 12.5. The Labute approximate surface area is 116 Å². The standard InChI is InChI=1S/C14H15ClN2O2/c15-10-4-3-5-11(8-10)17-12(18)14(6-1-2-7-14)9-16-13(17)19/h3-5,8H,1-2,6-7,9H2,(H,16,19). The largest absolute Gasteiger partial charge is 0.336 e. The number of benzene rings is 1. The second-order valence-corrected chi connectivity index (χ2v) is 5.70. The fourth-order valence-corrected chi connectivity index (χ4v) is 3.21. The molecule has 4 nitrogen and oxygen atoms in total. The van der Waals surface area contributed by atoms with Crippen molar-refractivity contribution in [3.8, 4) is 0 Å². The Morgan fingerprint density at radius 2 is 1.95 bits per heavy atom.